The zero-order valence-corrected chi connectivity index (χ0v) is 10.6. The molecule has 0 bridgehead atoms. The molecule has 0 aromatic carbocycles. The lowest BCUT2D eigenvalue weighted by Gasteiger charge is -2.33. The number of amides is 1. The van der Waals surface area contributed by atoms with Crippen LogP contribution in [0.3, 0.4) is 0 Å². The topological polar surface area (TPSA) is 92.3 Å². The molecule has 1 aromatic rings. The first-order chi connectivity index (χ1) is 7.77. The zero-order chi connectivity index (χ0) is 13.2. The summed E-state index contributed by atoms with van der Waals surface area (Å²) in [6.07, 6.45) is 0. The Morgan fingerprint density at radius 1 is 1.53 bits per heavy atom. The van der Waals surface area contributed by atoms with Gasteiger partial charge >= 0.3 is 0 Å². The van der Waals surface area contributed by atoms with Gasteiger partial charge in [-0.1, -0.05) is 0 Å². The quantitative estimate of drug-likeness (QED) is 0.785. The van der Waals surface area contributed by atoms with Crippen LogP contribution in [0, 0.1) is 6.92 Å². The maximum Gasteiger partial charge on any atom is 0.272 e. The molecule has 0 saturated carbocycles. The number of carbonyl (C=O) groups excluding carboxylic acids is 1. The molecule has 0 aliphatic heterocycles. The van der Waals surface area contributed by atoms with Crippen LogP contribution in [0.5, 0.6) is 0 Å². The fourth-order valence-corrected chi connectivity index (χ4v) is 1.25. The molecule has 3 N–H and O–H groups in total. The van der Waals surface area contributed by atoms with Crippen molar-refractivity contribution >= 4 is 11.9 Å². The molecule has 94 valence electrons. The van der Waals surface area contributed by atoms with E-state index in [0.717, 1.165) is 0 Å². The molecular formula is C11H18N4O2. The van der Waals surface area contributed by atoms with Gasteiger partial charge in [0.05, 0.1) is 12.1 Å². The van der Waals surface area contributed by atoms with Gasteiger partial charge in [0.1, 0.15) is 5.69 Å². The van der Waals surface area contributed by atoms with Gasteiger partial charge in [0, 0.05) is 12.7 Å². The van der Waals surface area contributed by atoms with Crippen LogP contribution in [0.15, 0.2) is 6.07 Å². The van der Waals surface area contributed by atoms with Crippen molar-refractivity contribution in [2.24, 2.45) is 0 Å². The van der Waals surface area contributed by atoms with Gasteiger partial charge in [-0.2, -0.15) is 0 Å². The first kappa shape index (κ1) is 13.4. The highest BCUT2D eigenvalue weighted by atomic mass is 16.3. The van der Waals surface area contributed by atoms with E-state index in [1.165, 1.54) is 4.90 Å². The molecular weight excluding hydrogens is 220 g/mol. The maximum atomic E-state index is 12.1. The molecule has 17 heavy (non-hydrogen) atoms. The normalized spacial score (nSPS) is 11.4. The number of aliphatic hydroxyl groups is 1. The van der Waals surface area contributed by atoms with E-state index in [4.69, 9.17) is 5.73 Å². The highest BCUT2D eigenvalue weighted by molar-refractivity contribution is 5.93. The molecule has 1 amide bonds. The van der Waals surface area contributed by atoms with E-state index in [9.17, 15) is 9.90 Å². The minimum Gasteiger partial charge on any atom is -0.394 e. The van der Waals surface area contributed by atoms with Gasteiger partial charge in [-0.3, -0.25) is 4.79 Å². The SMILES string of the molecule is Cc1cc(C(=O)N(C)C(C)(C)CO)nc(N)n1. The van der Waals surface area contributed by atoms with Crippen LogP contribution >= 0.6 is 0 Å². The predicted molar refractivity (Wildman–Crippen MR) is 64.4 cm³/mol. The average molecular weight is 238 g/mol. The second-order valence-electron chi connectivity index (χ2n) is 4.59. The number of rotatable bonds is 3. The number of carbonyl (C=O) groups is 1. The summed E-state index contributed by atoms with van der Waals surface area (Å²) in [5, 5.41) is 9.22. The summed E-state index contributed by atoms with van der Waals surface area (Å²) in [6.45, 7) is 5.14. The molecule has 1 rings (SSSR count). The Kier molecular flexibility index (Phi) is 3.67. The van der Waals surface area contributed by atoms with Gasteiger partial charge in [0.25, 0.3) is 5.91 Å². The van der Waals surface area contributed by atoms with Crippen molar-refractivity contribution in [2.75, 3.05) is 19.4 Å². The molecule has 0 atom stereocenters. The maximum absolute atomic E-state index is 12.1. The van der Waals surface area contributed by atoms with Gasteiger partial charge in [-0.15, -0.1) is 0 Å². The Hall–Kier alpha value is -1.69. The number of likely N-dealkylation sites (N-methyl/N-ethyl adjacent to an activating group) is 1. The van der Waals surface area contributed by atoms with E-state index in [1.807, 2.05) is 0 Å². The van der Waals surface area contributed by atoms with Gasteiger partial charge in [0.15, 0.2) is 0 Å². The Balaban J connectivity index is 3.04. The minimum atomic E-state index is -0.648. The minimum absolute atomic E-state index is 0.0727. The van der Waals surface area contributed by atoms with Crippen LogP contribution in [0.2, 0.25) is 0 Å². The van der Waals surface area contributed by atoms with Crippen molar-refractivity contribution in [1.82, 2.24) is 14.9 Å². The number of hydrogen-bond acceptors (Lipinski definition) is 5. The third kappa shape index (κ3) is 2.91. The number of anilines is 1. The fraction of sp³-hybridized carbons (Fsp3) is 0.545. The monoisotopic (exact) mass is 238 g/mol. The third-order valence-electron chi connectivity index (χ3n) is 2.69. The highest BCUT2D eigenvalue weighted by Crippen LogP contribution is 2.15. The van der Waals surface area contributed by atoms with Crippen molar-refractivity contribution in [1.29, 1.82) is 0 Å². The number of aromatic nitrogens is 2. The summed E-state index contributed by atoms with van der Waals surface area (Å²) >= 11 is 0. The summed E-state index contributed by atoms with van der Waals surface area (Å²) in [5.41, 5.74) is 5.72. The number of aliphatic hydroxyl groups excluding tert-OH is 1. The molecule has 6 heteroatoms. The van der Waals surface area contributed by atoms with Crippen LogP contribution in [0.4, 0.5) is 5.95 Å². The molecule has 0 radical (unpaired) electrons. The third-order valence-corrected chi connectivity index (χ3v) is 2.69. The van der Waals surface area contributed by atoms with Crippen molar-refractivity contribution in [3.63, 3.8) is 0 Å². The molecule has 6 nitrogen and oxygen atoms in total. The van der Waals surface area contributed by atoms with Crippen molar-refractivity contribution < 1.29 is 9.90 Å². The molecule has 0 fully saturated rings. The Bertz CT molecular complexity index is 411. The zero-order valence-electron chi connectivity index (χ0n) is 10.6. The second kappa shape index (κ2) is 4.67. The van der Waals surface area contributed by atoms with Gasteiger partial charge < -0.3 is 15.7 Å². The highest BCUT2D eigenvalue weighted by Gasteiger charge is 2.28. The lowest BCUT2D eigenvalue weighted by molar-refractivity contribution is 0.0467. The van der Waals surface area contributed by atoms with Crippen molar-refractivity contribution in [3.05, 3.63) is 17.5 Å². The standard InChI is InChI=1S/C11H18N4O2/c1-7-5-8(14-10(12)13-7)9(17)15(4)11(2,3)6-16/h5,16H,6H2,1-4H3,(H2,12,13,14). The number of nitrogen functional groups attached to an aromatic ring is 1. The average Bonchev–Trinajstić information content (AvgIpc) is 2.25. The fourth-order valence-electron chi connectivity index (χ4n) is 1.25. The number of hydrogen-bond donors (Lipinski definition) is 2. The smallest absolute Gasteiger partial charge is 0.272 e. The van der Waals surface area contributed by atoms with Gasteiger partial charge in [0.2, 0.25) is 5.95 Å². The number of nitrogens with zero attached hydrogens (tertiary/aromatic N) is 3. The lowest BCUT2D eigenvalue weighted by atomic mass is 10.0. The first-order valence-corrected chi connectivity index (χ1v) is 5.28. The van der Waals surface area contributed by atoms with Crippen LogP contribution in [0.1, 0.15) is 30.0 Å². The summed E-state index contributed by atoms with van der Waals surface area (Å²) in [7, 11) is 1.62. The van der Waals surface area contributed by atoms with E-state index in [-0.39, 0.29) is 24.2 Å². The molecule has 1 aromatic heterocycles. The van der Waals surface area contributed by atoms with E-state index in [1.54, 1.807) is 33.9 Å². The largest absolute Gasteiger partial charge is 0.394 e. The van der Waals surface area contributed by atoms with Crippen molar-refractivity contribution in [3.8, 4) is 0 Å². The Morgan fingerprint density at radius 3 is 2.59 bits per heavy atom. The van der Waals surface area contributed by atoms with Gasteiger partial charge in [-0.05, 0) is 26.8 Å². The second-order valence-corrected chi connectivity index (χ2v) is 4.59. The molecule has 1 heterocycles. The van der Waals surface area contributed by atoms with Gasteiger partial charge in [-0.25, -0.2) is 9.97 Å². The molecule has 0 saturated heterocycles. The van der Waals surface area contributed by atoms with E-state index in [2.05, 4.69) is 9.97 Å². The number of aryl methyl sites for hydroxylation is 1. The van der Waals surface area contributed by atoms with E-state index < -0.39 is 5.54 Å². The van der Waals surface area contributed by atoms with Crippen LogP contribution in [-0.4, -0.2) is 45.1 Å². The molecule has 0 aliphatic rings. The van der Waals surface area contributed by atoms with E-state index >= 15 is 0 Å². The first-order valence-electron chi connectivity index (χ1n) is 5.28. The molecule has 0 aliphatic carbocycles. The summed E-state index contributed by atoms with van der Waals surface area (Å²) in [4.78, 5) is 21.4. The Morgan fingerprint density at radius 2 is 2.12 bits per heavy atom. The van der Waals surface area contributed by atoms with Crippen LogP contribution in [0.25, 0.3) is 0 Å². The van der Waals surface area contributed by atoms with Crippen molar-refractivity contribution in [2.45, 2.75) is 26.3 Å². The van der Waals surface area contributed by atoms with Crippen LogP contribution in [-0.2, 0) is 0 Å². The van der Waals surface area contributed by atoms with Crippen LogP contribution < -0.4 is 5.73 Å². The lowest BCUT2D eigenvalue weighted by Crippen LogP contribution is -2.47. The molecule has 0 spiro atoms. The molecule has 0 unspecified atom stereocenters. The van der Waals surface area contributed by atoms with E-state index in [0.29, 0.717) is 5.69 Å². The number of nitrogens with two attached hydrogens (primary N) is 1. The summed E-state index contributed by atoms with van der Waals surface area (Å²) < 4.78 is 0. The summed E-state index contributed by atoms with van der Waals surface area (Å²) in [5.74, 6) is -0.218. The Labute approximate surface area is 100 Å². The summed E-state index contributed by atoms with van der Waals surface area (Å²) in [6, 6.07) is 1.57. The predicted octanol–water partition coefficient (Wildman–Crippen LogP) is 0.210.